The first-order valence-electron chi connectivity index (χ1n) is 4.61. The van der Waals surface area contributed by atoms with Gasteiger partial charge in [-0.1, -0.05) is 23.8 Å². The van der Waals surface area contributed by atoms with Crippen LogP contribution in [-0.4, -0.2) is 11.3 Å². The summed E-state index contributed by atoms with van der Waals surface area (Å²) in [7, 11) is 0. The number of aliphatic hydroxyl groups is 1. The Balaban J connectivity index is 2.87. The second-order valence-electron chi connectivity index (χ2n) is 3.70. The van der Waals surface area contributed by atoms with Crippen molar-refractivity contribution in [2.24, 2.45) is 0 Å². The summed E-state index contributed by atoms with van der Waals surface area (Å²) in [6.45, 7) is 3.55. The van der Waals surface area contributed by atoms with Crippen molar-refractivity contribution < 1.29 is 18.3 Å². The van der Waals surface area contributed by atoms with Gasteiger partial charge in [-0.25, -0.2) is 0 Å². The van der Waals surface area contributed by atoms with Crippen molar-refractivity contribution in [3.05, 3.63) is 34.9 Å². The summed E-state index contributed by atoms with van der Waals surface area (Å²) in [6.07, 6.45) is -7.00. The highest BCUT2D eigenvalue weighted by Crippen LogP contribution is 2.30. The molecule has 1 atom stereocenters. The molecule has 0 aliphatic carbocycles. The molecule has 84 valence electrons. The van der Waals surface area contributed by atoms with Crippen LogP contribution in [0.25, 0.3) is 0 Å². The predicted molar refractivity (Wildman–Crippen MR) is 51.5 cm³/mol. The van der Waals surface area contributed by atoms with E-state index in [1.165, 1.54) is 0 Å². The molecule has 0 aliphatic rings. The van der Waals surface area contributed by atoms with Crippen LogP contribution in [0.5, 0.6) is 0 Å². The van der Waals surface area contributed by atoms with Crippen molar-refractivity contribution >= 4 is 0 Å². The first-order chi connectivity index (χ1) is 6.79. The van der Waals surface area contributed by atoms with E-state index in [-0.39, 0.29) is 0 Å². The molecule has 1 aromatic rings. The van der Waals surface area contributed by atoms with E-state index in [1.807, 2.05) is 6.92 Å². The van der Waals surface area contributed by atoms with Gasteiger partial charge in [0.1, 0.15) is 0 Å². The number of aryl methyl sites for hydroxylation is 2. The van der Waals surface area contributed by atoms with Crippen LogP contribution in [0.2, 0.25) is 0 Å². The third-order valence-electron chi connectivity index (χ3n) is 2.21. The molecule has 1 aromatic carbocycles. The molecular formula is C11H13F3O. The van der Waals surface area contributed by atoms with E-state index >= 15 is 0 Å². The lowest BCUT2D eigenvalue weighted by Gasteiger charge is -2.15. The molecule has 15 heavy (non-hydrogen) atoms. The summed E-state index contributed by atoms with van der Waals surface area (Å²) in [5.74, 6) is 0. The van der Waals surface area contributed by atoms with Crippen molar-refractivity contribution in [3.8, 4) is 0 Å². The van der Waals surface area contributed by atoms with Crippen molar-refractivity contribution in [2.45, 2.75) is 32.5 Å². The van der Waals surface area contributed by atoms with Crippen LogP contribution in [0.1, 0.15) is 29.2 Å². The Morgan fingerprint density at radius 3 is 2.33 bits per heavy atom. The fourth-order valence-corrected chi connectivity index (χ4v) is 1.53. The van der Waals surface area contributed by atoms with Gasteiger partial charge in [-0.05, 0) is 25.0 Å². The summed E-state index contributed by atoms with van der Waals surface area (Å²) in [5.41, 5.74) is 2.00. The van der Waals surface area contributed by atoms with Gasteiger partial charge in [0.25, 0.3) is 0 Å². The molecule has 0 saturated heterocycles. The van der Waals surface area contributed by atoms with Gasteiger partial charge in [0.05, 0.1) is 12.5 Å². The second kappa shape index (κ2) is 4.23. The van der Waals surface area contributed by atoms with Crippen molar-refractivity contribution in [1.29, 1.82) is 0 Å². The van der Waals surface area contributed by atoms with Gasteiger partial charge in [-0.15, -0.1) is 0 Å². The minimum absolute atomic E-state index is 0.345. The predicted octanol–water partition coefficient (Wildman–Crippen LogP) is 3.29. The maximum absolute atomic E-state index is 12.0. The summed E-state index contributed by atoms with van der Waals surface area (Å²) >= 11 is 0. The van der Waals surface area contributed by atoms with Gasteiger partial charge >= 0.3 is 6.18 Å². The average Bonchev–Trinajstić information content (AvgIpc) is 1.99. The molecule has 0 aliphatic heterocycles. The van der Waals surface area contributed by atoms with Gasteiger partial charge in [0, 0.05) is 0 Å². The average molecular weight is 218 g/mol. The molecule has 0 amide bonds. The molecule has 0 saturated carbocycles. The van der Waals surface area contributed by atoms with Crippen LogP contribution in [0.15, 0.2) is 18.2 Å². The number of alkyl halides is 3. The normalized spacial score (nSPS) is 14.0. The van der Waals surface area contributed by atoms with E-state index in [9.17, 15) is 18.3 Å². The van der Waals surface area contributed by atoms with Crippen LogP contribution >= 0.6 is 0 Å². The van der Waals surface area contributed by atoms with Crippen LogP contribution in [-0.2, 0) is 0 Å². The number of benzene rings is 1. The molecule has 1 N–H and O–H groups in total. The van der Waals surface area contributed by atoms with Gasteiger partial charge in [-0.3, -0.25) is 0 Å². The highest BCUT2D eigenvalue weighted by molar-refractivity contribution is 5.31. The molecule has 0 spiro atoms. The summed E-state index contributed by atoms with van der Waals surface area (Å²) in [6, 6.07) is 5.00. The molecule has 1 nitrogen and oxygen atoms in total. The van der Waals surface area contributed by atoms with Crippen LogP contribution < -0.4 is 0 Å². The molecule has 0 heterocycles. The topological polar surface area (TPSA) is 20.2 Å². The molecule has 0 radical (unpaired) electrons. The zero-order chi connectivity index (χ0) is 11.6. The zero-order valence-electron chi connectivity index (χ0n) is 8.60. The van der Waals surface area contributed by atoms with Gasteiger partial charge < -0.3 is 5.11 Å². The monoisotopic (exact) mass is 218 g/mol. The van der Waals surface area contributed by atoms with E-state index in [2.05, 4.69) is 0 Å². The minimum Gasteiger partial charge on any atom is -0.388 e. The van der Waals surface area contributed by atoms with E-state index in [0.29, 0.717) is 11.1 Å². The standard InChI is InChI=1S/C11H13F3O/c1-7-3-4-9(8(2)5-7)10(15)6-11(12,13)14/h3-5,10,15H,6H2,1-2H3. The molecule has 1 rings (SSSR count). The molecular weight excluding hydrogens is 205 g/mol. The second-order valence-corrected chi connectivity index (χ2v) is 3.70. The van der Waals surface area contributed by atoms with E-state index in [1.54, 1.807) is 25.1 Å². The number of rotatable bonds is 2. The van der Waals surface area contributed by atoms with Crippen molar-refractivity contribution in [2.75, 3.05) is 0 Å². The van der Waals surface area contributed by atoms with Crippen LogP contribution in [0.3, 0.4) is 0 Å². The Morgan fingerprint density at radius 2 is 1.87 bits per heavy atom. The smallest absolute Gasteiger partial charge is 0.388 e. The zero-order valence-corrected chi connectivity index (χ0v) is 8.60. The third-order valence-corrected chi connectivity index (χ3v) is 2.21. The van der Waals surface area contributed by atoms with Crippen molar-refractivity contribution in [3.63, 3.8) is 0 Å². The maximum Gasteiger partial charge on any atom is 0.391 e. The number of hydrogen-bond acceptors (Lipinski definition) is 1. The lowest BCUT2D eigenvalue weighted by Crippen LogP contribution is -2.14. The first-order valence-corrected chi connectivity index (χ1v) is 4.61. The fourth-order valence-electron chi connectivity index (χ4n) is 1.53. The van der Waals surface area contributed by atoms with Gasteiger partial charge in [0.2, 0.25) is 0 Å². The highest BCUT2D eigenvalue weighted by atomic mass is 19.4. The molecule has 1 unspecified atom stereocenters. The van der Waals surface area contributed by atoms with E-state index < -0.39 is 18.7 Å². The third kappa shape index (κ3) is 3.55. The molecule has 4 heteroatoms. The first kappa shape index (κ1) is 12.0. The summed E-state index contributed by atoms with van der Waals surface area (Å²) in [4.78, 5) is 0. The molecule has 0 bridgehead atoms. The SMILES string of the molecule is Cc1ccc(C(O)CC(F)(F)F)c(C)c1. The van der Waals surface area contributed by atoms with Gasteiger partial charge in [0.15, 0.2) is 0 Å². The fraction of sp³-hybridized carbons (Fsp3) is 0.455. The highest BCUT2D eigenvalue weighted by Gasteiger charge is 2.32. The maximum atomic E-state index is 12.0. The largest absolute Gasteiger partial charge is 0.391 e. The van der Waals surface area contributed by atoms with E-state index in [4.69, 9.17) is 0 Å². The Kier molecular flexibility index (Phi) is 3.39. The number of hydrogen-bond donors (Lipinski definition) is 1. The van der Waals surface area contributed by atoms with Crippen LogP contribution in [0, 0.1) is 13.8 Å². The number of aliphatic hydroxyl groups excluding tert-OH is 1. The quantitative estimate of drug-likeness (QED) is 0.807. The van der Waals surface area contributed by atoms with Gasteiger partial charge in [-0.2, -0.15) is 13.2 Å². The Hall–Kier alpha value is -1.03. The van der Waals surface area contributed by atoms with Crippen molar-refractivity contribution in [1.82, 2.24) is 0 Å². The Labute approximate surface area is 86.5 Å². The van der Waals surface area contributed by atoms with E-state index in [0.717, 1.165) is 5.56 Å². The molecule has 0 aromatic heterocycles. The lowest BCUT2D eigenvalue weighted by molar-refractivity contribution is -0.154. The lowest BCUT2D eigenvalue weighted by atomic mass is 9.99. The minimum atomic E-state index is -4.34. The number of halogens is 3. The summed E-state index contributed by atoms with van der Waals surface area (Å²) < 4.78 is 36.1. The summed E-state index contributed by atoms with van der Waals surface area (Å²) in [5, 5.41) is 9.41. The Morgan fingerprint density at radius 1 is 1.27 bits per heavy atom. The van der Waals surface area contributed by atoms with Crippen LogP contribution in [0.4, 0.5) is 13.2 Å². The molecule has 0 fully saturated rings. The Bertz CT molecular complexity index is 344.